The molecule has 2 atom stereocenters. The van der Waals surface area contributed by atoms with Crippen LogP contribution < -0.4 is 4.74 Å². The summed E-state index contributed by atoms with van der Waals surface area (Å²) in [6.07, 6.45) is 3.81. The Balaban J connectivity index is 1.88. The topological polar surface area (TPSA) is 26.3 Å². The number of fused-ring (bicyclic) bond motifs is 5. The molecule has 102 valence electrons. The number of ether oxygens (including phenoxy) is 1. The number of hydrogen-bond donors (Lipinski definition) is 0. The summed E-state index contributed by atoms with van der Waals surface area (Å²) in [5.41, 5.74) is 2.88. The monoisotopic (exact) mass is 266 g/mol. The van der Waals surface area contributed by atoms with E-state index in [1.807, 2.05) is 6.07 Å². The van der Waals surface area contributed by atoms with Crippen LogP contribution in [0.5, 0.6) is 5.75 Å². The van der Waals surface area contributed by atoms with Crippen LogP contribution in [-0.4, -0.2) is 12.9 Å². The molecule has 0 amide bonds. The van der Waals surface area contributed by atoms with Gasteiger partial charge >= 0.3 is 0 Å². The summed E-state index contributed by atoms with van der Waals surface area (Å²) in [7, 11) is 1.70. The predicted molar refractivity (Wildman–Crippen MR) is 79.3 cm³/mol. The minimum Gasteiger partial charge on any atom is -0.497 e. The molecule has 2 aromatic carbocycles. The zero-order chi connectivity index (χ0) is 13.7. The van der Waals surface area contributed by atoms with E-state index in [0.717, 1.165) is 31.4 Å². The Labute approximate surface area is 118 Å². The van der Waals surface area contributed by atoms with Crippen LogP contribution in [0.1, 0.15) is 36.3 Å². The van der Waals surface area contributed by atoms with Crippen molar-refractivity contribution in [2.75, 3.05) is 7.11 Å². The van der Waals surface area contributed by atoms with Crippen molar-refractivity contribution >= 4 is 16.6 Å². The highest BCUT2D eigenvalue weighted by Crippen LogP contribution is 2.47. The molecule has 0 unspecified atom stereocenters. The second kappa shape index (κ2) is 4.34. The number of benzene rings is 2. The summed E-state index contributed by atoms with van der Waals surface area (Å²) in [6, 6.07) is 10.7. The van der Waals surface area contributed by atoms with Crippen LogP contribution in [0, 0.1) is 5.92 Å². The molecule has 0 aliphatic heterocycles. The van der Waals surface area contributed by atoms with Gasteiger partial charge in [-0.25, -0.2) is 0 Å². The highest BCUT2D eigenvalue weighted by Gasteiger charge is 2.37. The lowest BCUT2D eigenvalue weighted by atomic mass is 9.75. The van der Waals surface area contributed by atoms with Gasteiger partial charge in [0.05, 0.1) is 7.11 Å². The number of methoxy groups -OCH3 is 1. The molecule has 1 fully saturated rings. The van der Waals surface area contributed by atoms with Crippen molar-refractivity contribution in [2.24, 2.45) is 5.92 Å². The second-order valence-electron chi connectivity index (χ2n) is 6.07. The van der Waals surface area contributed by atoms with Crippen molar-refractivity contribution in [3.8, 4) is 5.75 Å². The fourth-order valence-corrected chi connectivity index (χ4v) is 4.07. The normalized spacial score (nSPS) is 24.6. The molecular formula is C18H18O2. The van der Waals surface area contributed by atoms with Crippen molar-refractivity contribution in [2.45, 2.75) is 31.6 Å². The van der Waals surface area contributed by atoms with Gasteiger partial charge in [-0.1, -0.05) is 18.2 Å². The van der Waals surface area contributed by atoms with Crippen molar-refractivity contribution in [1.29, 1.82) is 0 Å². The number of ketones is 1. The van der Waals surface area contributed by atoms with Crippen LogP contribution in [0.25, 0.3) is 10.8 Å². The standard InChI is InChI=1S/C18H18O2/c1-20-14-4-7-15-12(9-14)3-6-17-16(15)5-2-11-8-13(19)10-18(11)17/h3-4,6-7,9,11,18H,2,5,8,10H2,1H3/t11-,18+/m1/s1. The molecule has 0 saturated heterocycles. The smallest absolute Gasteiger partial charge is 0.133 e. The Morgan fingerprint density at radius 2 is 2.05 bits per heavy atom. The molecule has 2 nitrogen and oxygen atoms in total. The Hall–Kier alpha value is -1.83. The molecule has 0 heterocycles. The van der Waals surface area contributed by atoms with E-state index in [0.29, 0.717) is 17.6 Å². The van der Waals surface area contributed by atoms with E-state index < -0.39 is 0 Å². The highest BCUT2D eigenvalue weighted by atomic mass is 16.5. The largest absolute Gasteiger partial charge is 0.497 e. The maximum Gasteiger partial charge on any atom is 0.133 e. The van der Waals surface area contributed by atoms with Gasteiger partial charge in [-0.3, -0.25) is 4.79 Å². The van der Waals surface area contributed by atoms with Crippen LogP contribution in [-0.2, 0) is 11.2 Å². The molecule has 0 spiro atoms. The quantitative estimate of drug-likeness (QED) is 0.783. The van der Waals surface area contributed by atoms with E-state index in [1.165, 1.54) is 21.9 Å². The van der Waals surface area contributed by atoms with Gasteiger partial charge in [-0.2, -0.15) is 0 Å². The van der Waals surface area contributed by atoms with Crippen LogP contribution in [0.4, 0.5) is 0 Å². The highest BCUT2D eigenvalue weighted by molar-refractivity contribution is 5.89. The second-order valence-corrected chi connectivity index (χ2v) is 6.07. The third kappa shape index (κ3) is 1.67. The van der Waals surface area contributed by atoms with E-state index in [2.05, 4.69) is 24.3 Å². The van der Waals surface area contributed by atoms with Gasteiger partial charge in [0.1, 0.15) is 11.5 Å². The molecule has 0 radical (unpaired) electrons. The third-order valence-electron chi connectivity index (χ3n) is 5.05. The lowest BCUT2D eigenvalue weighted by Crippen LogP contribution is -2.16. The minimum atomic E-state index is 0.447. The van der Waals surface area contributed by atoms with Gasteiger partial charge in [-0.05, 0) is 58.7 Å². The maximum absolute atomic E-state index is 11.7. The fraction of sp³-hybridized carbons (Fsp3) is 0.389. The van der Waals surface area contributed by atoms with Crippen molar-refractivity contribution in [3.63, 3.8) is 0 Å². The summed E-state index contributed by atoms with van der Waals surface area (Å²) in [4.78, 5) is 11.7. The fourth-order valence-electron chi connectivity index (χ4n) is 4.07. The van der Waals surface area contributed by atoms with Crippen molar-refractivity contribution < 1.29 is 9.53 Å². The van der Waals surface area contributed by atoms with Crippen LogP contribution in [0.15, 0.2) is 30.3 Å². The number of hydrogen-bond acceptors (Lipinski definition) is 2. The number of carbonyl (C=O) groups is 1. The zero-order valence-electron chi connectivity index (χ0n) is 11.7. The molecule has 4 rings (SSSR count). The summed E-state index contributed by atoms with van der Waals surface area (Å²) >= 11 is 0. The number of rotatable bonds is 1. The van der Waals surface area contributed by atoms with Gasteiger partial charge in [0, 0.05) is 12.8 Å². The molecule has 2 heteroatoms. The first-order valence-corrected chi connectivity index (χ1v) is 7.37. The van der Waals surface area contributed by atoms with Gasteiger partial charge in [-0.15, -0.1) is 0 Å². The Morgan fingerprint density at radius 1 is 1.15 bits per heavy atom. The summed E-state index contributed by atoms with van der Waals surface area (Å²) in [5.74, 6) is 2.41. The molecule has 0 bridgehead atoms. The lowest BCUT2D eigenvalue weighted by molar-refractivity contribution is -0.117. The van der Waals surface area contributed by atoms with E-state index in [9.17, 15) is 4.79 Å². The number of aryl methyl sites for hydroxylation is 1. The minimum absolute atomic E-state index is 0.447. The van der Waals surface area contributed by atoms with Gasteiger partial charge in [0.15, 0.2) is 0 Å². The molecule has 2 aliphatic rings. The number of carbonyl (C=O) groups excluding carboxylic acids is 1. The summed E-state index contributed by atoms with van der Waals surface area (Å²) in [6.45, 7) is 0. The van der Waals surface area contributed by atoms with Gasteiger partial charge < -0.3 is 4.74 Å². The SMILES string of the molecule is COc1ccc2c3c(ccc2c1)[C@H]1CC(=O)C[C@H]1CC3. The average Bonchev–Trinajstić information content (AvgIpc) is 2.86. The zero-order valence-corrected chi connectivity index (χ0v) is 11.7. The molecule has 2 aliphatic carbocycles. The first-order valence-electron chi connectivity index (χ1n) is 7.37. The number of Topliss-reactive ketones (excluding diaryl/α,β-unsaturated/α-hetero) is 1. The molecular weight excluding hydrogens is 248 g/mol. The predicted octanol–water partition coefficient (Wildman–Crippen LogP) is 3.86. The van der Waals surface area contributed by atoms with E-state index in [1.54, 1.807) is 7.11 Å². The first kappa shape index (κ1) is 12.0. The third-order valence-corrected chi connectivity index (χ3v) is 5.05. The maximum atomic E-state index is 11.7. The average molecular weight is 266 g/mol. The Kier molecular flexibility index (Phi) is 2.59. The first-order chi connectivity index (χ1) is 9.76. The Bertz CT molecular complexity index is 702. The van der Waals surface area contributed by atoms with Gasteiger partial charge in [0.2, 0.25) is 0 Å². The molecule has 1 saturated carbocycles. The van der Waals surface area contributed by atoms with E-state index in [-0.39, 0.29) is 0 Å². The van der Waals surface area contributed by atoms with E-state index in [4.69, 9.17) is 4.74 Å². The van der Waals surface area contributed by atoms with Crippen LogP contribution in [0.2, 0.25) is 0 Å². The summed E-state index contributed by atoms with van der Waals surface area (Å²) in [5, 5.41) is 2.58. The summed E-state index contributed by atoms with van der Waals surface area (Å²) < 4.78 is 5.31. The van der Waals surface area contributed by atoms with Crippen LogP contribution >= 0.6 is 0 Å². The van der Waals surface area contributed by atoms with E-state index >= 15 is 0 Å². The molecule has 0 N–H and O–H groups in total. The Morgan fingerprint density at radius 3 is 2.90 bits per heavy atom. The molecule has 20 heavy (non-hydrogen) atoms. The lowest BCUT2D eigenvalue weighted by Gasteiger charge is -2.28. The molecule has 2 aromatic rings. The van der Waals surface area contributed by atoms with Crippen molar-refractivity contribution in [1.82, 2.24) is 0 Å². The molecule has 0 aromatic heterocycles. The van der Waals surface area contributed by atoms with Crippen molar-refractivity contribution in [3.05, 3.63) is 41.5 Å². The van der Waals surface area contributed by atoms with Crippen LogP contribution in [0.3, 0.4) is 0 Å². The van der Waals surface area contributed by atoms with Gasteiger partial charge in [0.25, 0.3) is 0 Å².